The summed E-state index contributed by atoms with van der Waals surface area (Å²) in [6.45, 7) is 4.26. The quantitative estimate of drug-likeness (QED) is 0.372. The molecule has 0 aliphatic rings. The van der Waals surface area contributed by atoms with Gasteiger partial charge in [-0.15, -0.1) is 0 Å². The van der Waals surface area contributed by atoms with Gasteiger partial charge in [-0.05, 0) is 50.2 Å². The van der Waals surface area contributed by atoms with Gasteiger partial charge in [0.1, 0.15) is 0 Å². The average molecular weight is 431 g/mol. The van der Waals surface area contributed by atoms with Crippen molar-refractivity contribution < 1.29 is 0 Å². The number of fused-ring (bicyclic) bond motifs is 2. The van der Waals surface area contributed by atoms with Crippen LogP contribution in [0.25, 0.3) is 33.7 Å². The highest BCUT2D eigenvalue weighted by molar-refractivity contribution is 5.82. The summed E-state index contributed by atoms with van der Waals surface area (Å²) >= 11 is 0. The van der Waals surface area contributed by atoms with E-state index in [0.29, 0.717) is 11.9 Å². The number of rotatable bonds is 4. The first-order chi connectivity index (χ1) is 16.1. The maximum atomic E-state index is 4.94. The second-order valence-electron chi connectivity index (χ2n) is 8.60. The molecule has 0 saturated carbocycles. The molecule has 4 heterocycles. The smallest absolute Gasteiger partial charge is 0.234 e. The molecule has 0 bridgehead atoms. The van der Waals surface area contributed by atoms with Gasteiger partial charge in [0.2, 0.25) is 11.9 Å². The summed E-state index contributed by atoms with van der Waals surface area (Å²) in [4.78, 5) is 19.0. The van der Waals surface area contributed by atoms with Gasteiger partial charge in [-0.25, -0.2) is 19.9 Å². The Morgan fingerprint density at radius 2 is 1.03 bits per heavy atom. The molecule has 33 heavy (non-hydrogen) atoms. The fourth-order valence-corrected chi connectivity index (χ4v) is 4.27. The molecule has 0 aliphatic heterocycles. The minimum absolute atomic E-state index is 0.443. The zero-order valence-corrected chi connectivity index (χ0v) is 18.4. The van der Waals surface area contributed by atoms with Gasteiger partial charge in [0.05, 0.1) is 22.4 Å². The van der Waals surface area contributed by atoms with Crippen molar-refractivity contribution in [3.05, 3.63) is 109 Å². The van der Waals surface area contributed by atoms with Crippen LogP contribution in [0.5, 0.6) is 0 Å². The van der Waals surface area contributed by atoms with Gasteiger partial charge in [-0.3, -0.25) is 9.13 Å². The first-order valence-corrected chi connectivity index (χ1v) is 10.9. The number of nitrogens with zero attached hydrogens (tertiary/aromatic N) is 6. The van der Waals surface area contributed by atoms with E-state index in [0.717, 1.165) is 33.2 Å². The van der Waals surface area contributed by atoms with Crippen LogP contribution in [0.3, 0.4) is 0 Å². The number of aromatic nitrogens is 6. The molecule has 6 rings (SSSR count). The van der Waals surface area contributed by atoms with Crippen LogP contribution in [0.4, 0.5) is 0 Å². The number of benzene rings is 2. The van der Waals surface area contributed by atoms with Gasteiger partial charge in [0.15, 0.2) is 0 Å². The third-order valence-corrected chi connectivity index (χ3v) is 6.20. The molecule has 0 radical (unpaired) electrons. The molecule has 0 aliphatic carbocycles. The lowest BCUT2D eigenvalue weighted by molar-refractivity contribution is 0.586. The van der Waals surface area contributed by atoms with Crippen LogP contribution >= 0.6 is 0 Å². The monoisotopic (exact) mass is 430 g/mol. The predicted molar refractivity (Wildman–Crippen MR) is 130 cm³/mol. The molecule has 0 unspecified atom stereocenters. The summed E-state index contributed by atoms with van der Waals surface area (Å²) in [6, 6.07) is 24.5. The number of hydrogen-bond donors (Lipinski definition) is 0. The van der Waals surface area contributed by atoms with Crippen LogP contribution in [-0.4, -0.2) is 29.1 Å². The summed E-state index contributed by atoms with van der Waals surface area (Å²) in [5.74, 6) is 1.29. The van der Waals surface area contributed by atoms with Gasteiger partial charge < -0.3 is 0 Å². The highest BCUT2D eigenvalue weighted by Gasteiger charge is 2.28. The van der Waals surface area contributed by atoms with E-state index < -0.39 is 5.41 Å². The first-order valence-electron chi connectivity index (χ1n) is 10.9. The van der Waals surface area contributed by atoms with E-state index in [2.05, 4.69) is 60.2 Å². The summed E-state index contributed by atoms with van der Waals surface area (Å²) in [5.41, 5.74) is 3.51. The van der Waals surface area contributed by atoms with Crippen LogP contribution in [0.1, 0.15) is 25.2 Å². The van der Waals surface area contributed by atoms with Gasteiger partial charge in [0, 0.05) is 41.0 Å². The van der Waals surface area contributed by atoms with E-state index in [1.807, 2.05) is 70.3 Å². The van der Waals surface area contributed by atoms with Crippen molar-refractivity contribution in [2.75, 3.05) is 0 Å². The lowest BCUT2D eigenvalue weighted by Crippen LogP contribution is -2.24. The molecule has 0 spiro atoms. The molecule has 0 atom stereocenters. The Labute approximate surface area is 191 Å². The molecule has 0 fully saturated rings. The van der Waals surface area contributed by atoms with Crippen molar-refractivity contribution in [3.63, 3.8) is 0 Å². The van der Waals surface area contributed by atoms with E-state index in [1.54, 1.807) is 0 Å². The second-order valence-corrected chi connectivity index (χ2v) is 8.60. The first kappa shape index (κ1) is 19.4. The van der Waals surface area contributed by atoms with E-state index >= 15 is 0 Å². The highest BCUT2D eigenvalue weighted by Crippen LogP contribution is 2.30. The lowest BCUT2D eigenvalue weighted by atomic mass is 9.85. The Morgan fingerprint density at radius 1 is 0.576 bits per heavy atom. The van der Waals surface area contributed by atoms with E-state index in [-0.39, 0.29) is 0 Å². The number of hydrogen-bond acceptors (Lipinski definition) is 4. The lowest BCUT2D eigenvalue weighted by Gasteiger charge is -2.24. The molecule has 6 aromatic rings. The van der Waals surface area contributed by atoms with Crippen LogP contribution in [-0.2, 0) is 5.41 Å². The minimum atomic E-state index is -0.443. The zero-order chi connectivity index (χ0) is 22.4. The van der Waals surface area contributed by atoms with E-state index in [9.17, 15) is 0 Å². The Hall–Kier alpha value is -4.32. The molecule has 6 nitrogen and oxygen atoms in total. The zero-order valence-electron chi connectivity index (χ0n) is 18.4. The highest BCUT2D eigenvalue weighted by atomic mass is 15.2. The fourth-order valence-electron chi connectivity index (χ4n) is 4.27. The standard InChI is InChI=1S/C27H22N6/c1-27(2,23-11-15-28-25(30-23)32-17-13-19-7-3-5-9-21(19)32)24-12-16-29-26(31-24)33-18-14-20-8-4-6-10-22(20)33/h3-18H,1-2H3. The summed E-state index contributed by atoms with van der Waals surface area (Å²) in [5, 5.41) is 2.32. The van der Waals surface area contributed by atoms with Gasteiger partial charge >= 0.3 is 0 Å². The summed E-state index contributed by atoms with van der Waals surface area (Å²) in [7, 11) is 0. The van der Waals surface area contributed by atoms with E-state index in [1.165, 1.54) is 0 Å². The van der Waals surface area contributed by atoms with Crippen molar-refractivity contribution >= 4 is 21.8 Å². The minimum Gasteiger partial charge on any atom is -0.285 e. The largest absolute Gasteiger partial charge is 0.285 e. The Morgan fingerprint density at radius 3 is 1.52 bits per heavy atom. The molecule has 0 N–H and O–H groups in total. The van der Waals surface area contributed by atoms with Crippen molar-refractivity contribution in [2.45, 2.75) is 19.3 Å². The van der Waals surface area contributed by atoms with Crippen LogP contribution in [0.15, 0.2) is 97.6 Å². The van der Waals surface area contributed by atoms with Crippen LogP contribution < -0.4 is 0 Å². The van der Waals surface area contributed by atoms with Gasteiger partial charge in [-0.2, -0.15) is 0 Å². The molecule has 6 heteroatoms. The molecule has 0 saturated heterocycles. The molecule has 4 aromatic heterocycles. The maximum absolute atomic E-state index is 4.94. The summed E-state index contributed by atoms with van der Waals surface area (Å²) < 4.78 is 4.04. The second kappa shape index (κ2) is 7.38. The number of para-hydroxylation sites is 2. The van der Waals surface area contributed by atoms with Gasteiger partial charge in [-0.1, -0.05) is 36.4 Å². The van der Waals surface area contributed by atoms with Crippen LogP contribution in [0, 0.1) is 0 Å². The van der Waals surface area contributed by atoms with Crippen molar-refractivity contribution in [2.24, 2.45) is 0 Å². The van der Waals surface area contributed by atoms with Crippen molar-refractivity contribution in [1.29, 1.82) is 0 Å². The summed E-state index contributed by atoms with van der Waals surface area (Å²) in [6.07, 6.45) is 7.65. The third kappa shape index (κ3) is 3.19. The molecule has 160 valence electrons. The van der Waals surface area contributed by atoms with Crippen molar-refractivity contribution in [3.8, 4) is 11.9 Å². The van der Waals surface area contributed by atoms with Crippen molar-refractivity contribution in [1.82, 2.24) is 29.1 Å². The average Bonchev–Trinajstić information content (AvgIpc) is 3.49. The Bertz CT molecular complexity index is 1490. The van der Waals surface area contributed by atoms with Gasteiger partial charge in [0.25, 0.3) is 0 Å². The predicted octanol–water partition coefficient (Wildman–Crippen LogP) is 5.48. The molecule has 0 amide bonds. The van der Waals surface area contributed by atoms with Crippen LogP contribution in [0.2, 0.25) is 0 Å². The Balaban J connectivity index is 1.42. The molecule has 2 aromatic carbocycles. The topological polar surface area (TPSA) is 61.4 Å². The maximum Gasteiger partial charge on any atom is 0.234 e. The van der Waals surface area contributed by atoms with E-state index in [4.69, 9.17) is 9.97 Å². The third-order valence-electron chi connectivity index (χ3n) is 6.20. The SMILES string of the molecule is CC(C)(c1ccnc(-n2ccc3ccccc32)n1)c1ccnc(-n2ccc3ccccc32)n1. The molecular weight excluding hydrogens is 408 g/mol. The molecular formula is C27H22N6. The fraction of sp³-hybridized carbons (Fsp3) is 0.111. The Kier molecular flexibility index (Phi) is 4.33. The normalized spacial score (nSPS) is 11.9.